The summed E-state index contributed by atoms with van der Waals surface area (Å²) in [7, 11) is 3.35. The van der Waals surface area contributed by atoms with Crippen molar-refractivity contribution in [2.45, 2.75) is 26.3 Å². The van der Waals surface area contributed by atoms with E-state index in [0.717, 1.165) is 13.0 Å². The molecule has 0 radical (unpaired) electrons. The summed E-state index contributed by atoms with van der Waals surface area (Å²) in [6.45, 7) is 5.33. The van der Waals surface area contributed by atoms with E-state index in [2.05, 4.69) is 22.4 Å². The van der Waals surface area contributed by atoms with Gasteiger partial charge in [-0.1, -0.05) is 6.92 Å². The summed E-state index contributed by atoms with van der Waals surface area (Å²) in [5, 5.41) is 11.0. The molecule has 19 heavy (non-hydrogen) atoms. The Morgan fingerprint density at radius 3 is 2.74 bits per heavy atom. The van der Waals surface area contributed by atoms with E-state index in [1.165, 1.54) is 0 Å². The number of methoxy groups -OCH3 is 1. The second kappa shape index (κ2) is 7.68. The Kier molecular flexibility index (Phi) is 6.21. The Labute approximate surface area is 114 Å². The number of nitrogens with one attached hydrogen (secondary N) is 1. The van der Waals surface area contributed by atoms with Crippen molar-refractivity contribution in [2.24, 2.45) is 0 Å². The van der Waals surface area contributed by atoms with Gasteiger partial charge in [-0.2, -0.15) is 0 Å². The van der Waals surface area contributed by atoms with Crippen molar-refractivity contribution < 1.29 is 9.53 Å². The van der Waals surface area contributed by atoms with Gasteiger partial charge in [0.1, 0.15) is 5.82 Å². The van der Waals surface area contributed by atoms with Gasteiger partial charge in [0.15, 0.2) is 5.69 Å². The number of carbonyl (C=O) groups is 1. The summed E-state index contributed by atoms with van der Waals surface area (Å²) in [5.41, 5.74) is 0.340. The summed E-state index contributed by atoms with van der Waals surface area (Å²) in [4.78, 5) is 13.7. The number of hydrogen-bond acceptors (Lipinski definition) is 5. The first-order chi connectivity index (χ1) is 9.10. The van der Waals surface area contributed by atoms with Crippen LogP contribution in [-0.4, -0.2) is 54.4 Å². The molecule has 1 atom stereocenters. The van der Waals surface area contributed by atoms with Gasteiger partial charge in [-0.3, -0.25) is 4.79 Å². The third-order valence-corrected chi connectivity index (χ3v) is 2.83. The molecule has 1 unspecified atom stereocenters. The minimum Gasteiger partial charge on any atom is -0.383 e. The number of aromatic nitrogens is 2. The Balaban J connectivity index is 2.66. The zero-order valence-electron chi connectivity index (χ0n) is 12.0. The molecule has 1 aromatic heterocycles. The van der Waals surface area contributed by atoms with Gasteiger partial charge in [-0.05, 0) is 25.5 Å². The molecule has 106 valence electrons. The van der Waals surface area contributed by atoms with E-state index in [1.807, 2.05) is 6.92 Å². The minimum absolute atomic E-state index is 0.00260. The number of carbonyl (C=O) groups excluding carboxylic acids is 1. The topological polar surface area (TPSA) is 67.4 Å². The van der Waals surface area contributed by atoms with Crippen molar-refractivity contribution in [2.75, 3.05) is 32.6 Å². The summed E-state index contributed by atoms with van der Waals surface area (Å²) in [5.74, 6) is 0.532. The van der Waals surface area contributed by atoms with Crippen molar-refractivity contribution in [3.05, 3.63) is 17.8 Å². The number of rotatable bonds is 7. The van der Waals surface area contributed by atoms with E-state index in [0.29, 0.717) is 18.1 Å². The molecule has 1 amide bonds. The standard InChI is InChI=1S/C13H22N4O2/c1-5-8-14-12-7-6-11(15-16-12)13(18)17(3)10(2)9-19-4/h6-7,10H,5,8-9H2,1-4H3,(H,14,16). The van der Waals surface area contributed by atoms with Crippen LogP contribution in [0.3, 0.4) is 0 Å². The zero-order valence-corrected chi connectivity index (χ0v) is 12.0. The van der Waals surface area contributed by atoms with Crippen LogP contribution in [0.25, 0.3) is 0 Å². The van der Waals surface area contributed by atoms with Crippen molar-refractivity contribution in [1.82, 2.24) is 15.1 Å². The fraction of sp³-hybridized carbons (Fsp3) is 0.615. The molecule has 1 N–H and O–H groups in total. The fourth-order valence-corrected chi connectivity index (χ4v) is 1.53. The van der Waals surface area contributed by atoms with Crippen LogP contribution in [-0.2, 0) is 4.74 Å². The lowest BCUT2D eigenvalue weighted by Crippen LogP contribution is -2.38. The van der Waals surface area contributed by atoms with Crippen molar-refractivity contribution in [3.8, 4) is 0 Å². The molecule has 0 saturated heterocycles. The molecule has 0 aromatic carbocycles. The summed E-state index contributed by atoms with van der Waals surface area (Å²) in [6, 6.07) is 3.45. The van der Waals surface area contributed by atoms with E-state index in [1.54, 1.807) is 31.2 Å². The largest absolute Gasteiger partial charge is 0.383 e. The molecule has 1 rings (SSSR count). The third kappa shape index (κ3) is 4.48. The van der Waals surface area contributed by atoms with Crippen LogP contribution in [0.4, 0.5) is 5.82 Å². The maximum atomic E-state index is 12.1. The van der Waals surface area contributed by atoms with Gasteiger partial charge in [0.2, 0.25) is 0 Å². The van der Waals surface area contributed by atoms with Crippen LogP contribution in [0.15, 0.2) is 12.1 Å². The minimum atomic E-state index is -0.154. The molecular formula is C13H22N4O2. The predicted octanol–water partition coefficient (Wildman–Crippen LogP) is 1.41. The number of ether oxygens (including phenoxy) is 1. The summed E-state index contributed by atoms with van der Waals surface area (Å²) in [6.07, 6.45) is 1.01. The number of nitrogens with zero attached hydrogens (tertiary/aromatic N) is 3. The highest BCUT2D eigenvalue weighted by atomic mass is 16.5. The molecule has 1 heterocycles. The SMILES string of the molecule is CCCNc1ccc(C(=O)N(C)C(C)COC)nn1. The van der Waals surface area contributed by atoms with Crippen molar-refractivity contribution in [1.29, 1.82) is 0 Å². The van der Waals surface area contributed by atoms with Gasteiger partial charge in [0.05, 0.1) is 12.6 Å². The Hall–Kier alpha value is -1.69. The highest BCUT2D eigenvalue weighted by Gasteiger charge is 2.18. The van der Waals surface area contributed by atoms with Crippen molar-refractivity contribution >= 4 is 11.7 Å². The highest BCUT2D eigenvalue weighted by molar-refractivity contribution is 5.92. The highest BCUT2D eigenvalue weighted by Crippen LogP contribution is 2.06. The smallest absolute Gasteiger partial charge is 0.274 e. The number of hydrogen-bond donors (Lipinski definition) is 1. The molecule has 6 heteroatoms. The van der Waals surface area contributed by atoms with Crippen LogP contribution < -0.4 is 5.32 Å². The number of amides is 1. The molecule has 0 bridgehead atoms. The second-order valence-electron chi connectivity index (χ2n) is 4.45. The molecule has 0 fully saturated rings. The first-order valence-corrected chi connectivity index (χ1v) is 6.43. The quantitative estimate of drug-likeness (QED) is 0.808. The Bertz CT molecular complexity index is 394. The monoisotopic (exact) mass is 266 g/mol. The third-order valence-electron chi connectivity index (χ3n) is 2.83. The molecular weight excluding hydrogens is 244 g/mol. The van der Waals surface area contributed by atoms with E-state index in [-0.39, 0.29) is 11.9 Å². The van der Waals surface area contributed by atoms with Gasteiger partial charge < -0.3 is 15.0 Å². The normalized spacial score (nSPS) is 12.0. The Morgan fingerprint density at radius 1 is 1.47 bits per heavy atom. The lowest BCUT2D eigenvalue weighted by molar-refractivity contribution is 0.0627. The first kappa shape index (κ1) is 15.4. The molecule has 0 saturated carbocycles. The zero-order chi connectivity index (χ0) is 14.3. The molecule has 0 aliphatic carbocycles. The molecule has 0 aliphatic rings. The van der Waals surface area contributed by atoms with Gasteiger partial charge in [-0.25, -0.2) is 0 Å². The Morgan fingerprint density at radius 2 is 2.21 bits per heavy atom. The van der Waals surface area contributed by atoms with Gasteiger partial charge >= 0.3 is 0 Å². The maximum Gasteiger partial charge on any atom is 0.274 e. The van der Waals surface area contributed by atoms with Gasteiger partial charge in [0.25, 0.3) is 5.91 Å². The lowest BCUT2D eigenvalue weighted by atomic mass is 10.2. The first-order valence-electron chi connectivity index (χ1n) is 6.43. The van der Waals surface area contributed by atoms with E-state index >= 15 is 0 Å². The second-order valence-corrected chi connectivity index (χ2v) is 4.45. The molecule has 0 spiro atoms. The van der Waals surface area contributed by atoms with Crippen LogP contribution in [0, 0.1) is 0 Å². The van der Waals surface area contributed by atoms with Crippen molar-refractivity contribution in [3.63, 3.8) is 0 Å². The number of anilines is 1. The maximum absolute atomic E-state index is 12.1. The fourth-order valence-electron chi connectivity index (χ4n) is 1.53. The average Bonchev–Trinajstić information content (AvgIpc) is 2.44. The van der Waals surface area contributed by atoms with Gasteiger partial charge in [0, 0.05) is 20.7 Å². The summed E-state index contributed by atoms with van der Waals surface area (Å²) < 4.78 is 5.03. The van der Waals surface area contributed by atoms with Crippen LogP contribution >= 0.6 is 0 Å². The van der Waals surface area contributed by atoms with E-state index < -0.39 is 0 Å². The number of likely N-dealkylation sites (N-methyl/N-ethyl adjacent to an activating group) is 1. The predicted molar refractivity (Wildman–Crippen MR) is 74.2 cm³/mol. The molecule has 1 aromatic rings. The molecule has 0 aliphatic heterocycles. The van der Waals surface area contributed by atoms with Crippen LogP contribution in [0.1, 0.15) is 30.8 Å². The lowest BCUT2D eigenvalue weighted by Gasteiger charge is -2.23. The van der Waals surface area contributed by atoms with Crippen LogP contribution in [0.5, 0.6) is 0 Å². The van der Waals surface area contributed by atoms with Crippen LogP contribution in [0.2, 0.25) is 0 Å². The molecule has 6 nitrogen and oxygen atoms in total. The van der Waals surface area contributed by atoms with E-state index in [4.69, 9.17) is 4.74 Å². The average molecular weight is 266 g/mol. The van der Waals surface area contributed by atoms with Gasteiger partial charge in [-0.15, -0.1) is 10.2 Å². The summed E-state index contributed by atoms with van der Waals surface area (Å²) >= 11 is 0. The van der Waals surface area contributed by atoms with E-state index in [9.17, 15) is 4.79 Å².